The van der Waals surface area contributed by atoms with Crippen molar-refractivity contribution in [3.8, 4) is 0 Å². The first-order chi connectivity index (χ1) is 10.3. The third-order valence-electron chi connectivity index (χ3n) is 4.23. The number of likely N-dealkylation sites (N-methyl/N-ethyl adjacent to an activating group) is 1. The molecule has 0 bridgehead atoms. The molecule has 0 unspecified atom stereocenters. The van der Waals surface area contributed by atoms with Gasteiger partial charge in [-0.1, -0.05) is 0 Å². The molecular formula is C16H19F2NO3. The highest BCUT2D eigenvalue weighted by Gasteiger charge is 2.48. The number of rotatable bonds is 2. The first kappa shape index (κ1) is 16.4. The molecule has 4 nitrogen and oxygen atoms in total. The van der Waals surface area contributed by atoms with E-state index in [1.54, 1.807) is 20.8 Å². The minimum absolute atomic E-state index is 0.126. The van der Waals surface area contributed by atoms with Crippen LogP contribution in [0.1, 0.15) is 50.7 Å². The number of hydrogen-bond donors (Lipinski definition) is 1. The van der Waals surface area contributed by atoms with E-state index < -0.39 is 11.2 Å². The van der Waals surface area contributed by atoms with E-state index in [9.17, 15) is 13.6 Å². The van der Waals surface area contributed by atoms with E-state index in [0.717, 1.165) is 12.8 Å². The lowest BCUT2D eigenvalue weighted by Gasteiger charge is -2.18. The standard InChI is InChI=1S/C15H17F2NO.CH2O2/c1-4-18-13-10(16)7-9(8-5-6-8)12(17)11(13)15(2,3)14(18)19;2-1-3/h7-8H,4-6H2,1-3H3;1H,(H,2,3). The summed E-state index contributed by atoms with van der Waals surface area (Å²) in [4.78, 5) is 22.0. The molecule has 0 saturated heterocycles. The summed E-state index contributed by atoms with van der Waals surface area (Å²) in [6.45, 7) is 5.22. The number of fused-ring (bicyclic) bond motifs is 1. The van der Waals surface area contributed by atoms with Gasteiger partial charge in [-0.2, -0.15) is 0 Å². The number of carbonyl (C=O) groups is 2. The number of halogens is 2. The van der Waals surface area contributed by atoms with Crippen LogP contribution in [0.5, 0.6) is 0 Å². The van der Waals surface area contributed by atoms with Crippen LogP contribution >= 0.6 is 0 Å². The van der Waals surface area contributed by atoms with Gasteiger partial charge in [0, 0.05) is 12.1 Å². The largest absolute Gasteiger partial charge is 0.483 e. The molecule has 1 saturated carbocycles. The maximum atomic E-state index is 14.7. The summed E-state index contributed by atoms with van der Waals surface area (Å²) >= 11 is 0. The topological polar surface area (TPSA) is 57.6 Å². The van der Waals surface area contributed by atoms with Crippen molar-refractivity contribution in [1.82, 2.24) is 0 Å². The number of amides is 1. The molecule has 0 spiro atoms. The molecule has 1 aliphatic heterocycles. The van der Waals surface area contributed by atoms with Gasteiger partial charge in [0.1, 0.15) is 11.6 Å². The second-order valence-corrected chi connectivity index (χ2v) is 6.04. The fourth-order valence-corrected chi connectivity index (χ4v) is 3.01. The fourth-order valence-electron chi connectivity index (χ4n) is 3.01. The van der Waals surface area contributed by atoms with Gasteiger partial charge in [-0.3, -0.25) is 9.59 Å². The van der Waals surface area contributed by atoms with Crippen molar-refractivity contribution in [2.75, 3.05) is 11.4 Å². The minimum atomic E-state index is -0.985. The lowest BCUT2D eigenvalue weighted by molar-refractivity contribution is -0.123. The van der Waals surface area contributed by atoms with Crippen molar-refractivity contribution < 1.29 is 23.5 Å². The van der Waals surface area contributed by atoms with E-state index in [1.807, 2.05) is 0 Å². The smallest absolute Gasteiger partial charge is 0.290 e. The Hall–Kier alpha value is -1.98. The molecule has 3 rings (SSSR count). The van der Waals surface area contributed by atoms with E-state index in [1.165, 1.54) is 11.0 Å². The van der Waals surface area contributed by atoms with Crippen molar-refractivity contribution in [3.05, 3.63) is 28.8 Å². The highest BCUT2D eigenvalue weighted by molar-refractivity contribution is 6.07. The second kappa shape index (κ2) is 5.66. The van der Waals surface area contributed by atoms with Crippen LogP contribution in [0.4, 0.5) is 14.5 Å². The zero-order valence-corrected chi connectivity index (χ0v) is 12.8. The monoisotopic (exact) mass is 311 g/mol. The lowest BCUT2D eigenvalue weighted by Crippen LogP contribution is -2.36. The minimum Gasteiger partial charge on any atom is -0.483 e. The third-order valence-corrected chi connectivity index (χ3v) is 4.23. The van der Waals surface area contributed by atoms with Gasteiger partial charge < -0.3 is 10.0 Å². The summed E-state index contributed by atoms with van der Waals surface area (Å²) in [5.74, 6) is -0.954. The SMILES string of the molecule is CCN1C(=O)C(C)(C)c2c(F)c(C3CC3)cc(F)c21.O=CO. The maximum absolute atomic E-state index is 14.7. The van der Waals surface area contributed by atoms with Crippen molar-refractivity contribution in [2.24, 2.45) is 0 Å². The van der Waals surface area contributed by atoms with Gasteiger partial charge in [0.05, 0.1) is 11.1 Å². The van der Waals surface area contributed by atoms with Crippen LogP contribution in [0.3, 0.4) is 0 Å². The van der Waals surface area contributed by atoms with Gasteiger partial charge in [0.15, 0.2) is 0 Å². The molecule has 2 aliphatic rings. The number of benzene rings is 1. The average molecular weight is 311 g/mol. The molecule has 0 radical (unpaired) electrons. The summed E-state index contributed by atoms with van der Waals surface area (Å²) in [5, 5.41) is 6.89. The highest BCUT2D eigenvalue weighted by atomic mass is 19.1. The Morgan fingerprint density at radius 2 is 1.95 bits per heavy atom. The number of carboxylic acid groups (broad SMARTS) is 1. The van der Waals surface area contributed by atoms with E-state index >= 15 is 0 Å². The number of carbonyl (C=O) groups excluding carboxylic acids is 1. The van der Waals surface area contributed by atoms with Crippen molar-refractivity contribution in [2.45, 2.75) is 44.9 Å². The summed E-state index contributed by atoms with van der Waals surface area (Å²) < 4.78 is 29.0. The van der Waals surface area contributed by atoms with Crippen LogP contribution in [-0.2, 0) is 15.0 Å². The Morgan fingerprint density at radius 3 is 2.41 bits per heavy atom. The van der Waals surface area contributed by atoms with Crippen molar-refractivity contribution in [1.29, 1.82) is 0 Å². The maximum Gasteiger partial charge on any atom is 0.290 e. The van der Waals surface area contributed by atoms with Gasteiger partial charge in [0.25, 0.3) is 6.47 Å². The molecule has 1 N–H and O–H groups in total. The summed E-state index contributed by atoms with van der Waals surface area (Å²) in [5.41, 5.74) is -0.169. The van der Waals surface area contributed by atoms with E-state index in [-0.39, 0.29) is 35.4 Å². The predicted octanol–water partition coefficient (Wildman–Crippen LogP) is 3.19. The first-order valence-electron chi connectivity index (χ1n) is 7.23. The fraction of sp³-hybridized carbons (Fsp3) is 0.500. The number of anilines is 1. The molecule has 1 aromatic rings. The molecule has 1 aromatic carbocycles. The third kappa shape index (κ3) is 2.36. The van der Waals surface area contributed by atoms with Gasteiger partial charge in [-0.05, 0) is 51.2 Å². The number of hydrogen-bond acceptors (Lipinski definition) is 2. The predicted molar refractivity (Wildman–Crippen MR) is 78.1 cm³/mol. The quantitative estimate of drug-likeness (QED) is 0.853. The van der Waals surface area contributed by atoms with Crippen LogP contribution in [0.25, 0.3) is 0 Å². The highest BCUT2D eigenvalue weighted by Crippen LogP contribution is 2.49. The number of nitrogens with zero attached hydrogens (tertiary/aromatic N) is 1. The Labute approximate surface area is 127 Å². The molecule has 1 amide bonds. The van der Waals surface area contributed by atoms with Crippen LogP contribution in [0.2, 0.25) is 0 Å². The van der Waals surface area contributed by atoms with Crippen LogP contribution < -0.4 is 4.90 Å². The van der Waals surface area contributed by atoms with Gasteiger partial charge in [-0.25, -0.2) is 8.78 Å². The molecule has 1 heterocycles. The molecule has 120 valence electrons. The van der Waals surface area contributed by atoms with Gasteiger partial charge in [0.2, 0.25) is 5.91 Å². The second-order valence-electron chi connectivity index (χ2n) is 6.04. The molecule has 1 aliphatic carbocycles. The molecular weight excluding hydrogens is 292 g/mol. The zero-order chi connectivity index (χ0) is 16.7. The molecule has 22 heavy (non-hydrogen) atoms. The van der Waals surface area contributed by atoms with Gasteiger partial charge >= 0.3 is 0 Å². The Kier molecular flexibility index (Phi) is 4.22. The van der Waals surface area contributed by atoms with Crippen LogP contribution in [0.15, 0.2) is 6.07 Å². The molecule has 0 atom stereocenters. The van der Waals surface area contributed by atoms with Crippen LogP contribution in [0, 0.1) is 11.6 Å². The molecule has 0 aromatic heterocycles. The Bertz CT molecular complexity index is 624. The van der Waals surface area contributed by atoms with E-state index in [2.05, 4.69) is 0 Å². The Balaban J connectivity index is 0.000000545. The molecule has 6 heteroatoms. The van der Waals surface area contributed by atoms with E-state index in [0.29, 0.717) is 12.1 Å². The van der Waals surface area contributed by atoms with E-state index in [4.69, 9.17) is 9.90 Å². The molecule has 1 fully saturated rings. The summed E-state index contributed by atoms with van der Waals surface area (Å²) in [7, 11) is 0. The Morgan fingerprint density at radius 1 is 1.41 bits per heavy atom. The lowest BCUT2D eigenvalue weighted by atomic mass is 9.84. The first-order valence-corrected chi connectivity index (χ1v) is 7.23. The summed E-state index contributed by atoms with van der Waals surface area (Å²) in [6, 6.07) is 1.28. The van der Waals surface area contributed by atoms with Crippen molar-refractivity contribution in [3.63, 3.8) is 0 Å². The van der Waals surface area contributed by atoms with Crippen molar-refractivity contribution >= 4 is 18.1 Å². The summed E-state index contributed by atoms with van der Waals surface area (Å²) in [6.07, 6.45) is 1.81. The average Bonchev–Trinajstić information content (AvgIpc) is 3.24. The van der Waals surface area contributed by atoms with Crippen LogP contribution in [-0.4, -0.2) is 24.0 Å². The van der Waals surface area contributed by atoms with Gasteiger partial charge in [-0.15, -0.1) is 0 Å². The zero-order valence-electron chi connectivity index (χ0n) is 12.8. The normalized spacial score (nSPS) is 18.6.